The number of carbonyl (C=O) groups excluding carboxylic acids is 3. The molecule has 2 saturated heterocycles. The van der Waals surface area contributed by atoms with Crippen molar-refractivity contribution < 1.29 is 76.0 Å². The summed E-state index contributed by atoms with van der Waals surface area (Å²) in [4.78, 5) is 37.2. The Labute approximate surface area is 186 Å². The minimum atomic E-state index is -1.48. The standard InChI is InChI=1S/C16H17NO5S.K/c1-16(2)12(15(21)22)17-13(20)9(14(17)23-16)11(19)10(18)8-6-4-3-5-7-8;/h3-7,9,11-12,14,19H,1-2H3,(H,21,22);/q;+1/p-1/t9-,11+,12+,14-;/m1./s1. The van der Waals surface area contributed by atoms with Crippen LogP contribution in [0.3, 0.4) is 0 Å². The van der Waals surface area contributed by atoms with Crippen LogP contribution >= 0.6 is 11.8 Å². The van der Waals surface area contributed by atoms with Crippen molar-refractivity contribution in [1.82, 2.24) is 4.90 Å². The molecule has 2 aliphatic rings. The number of β-lactam (4-membered cyclic amide) rings is 1. The number of aliphatic hydroxyl groups is 1. The van der Waals surface area contributed by atoms with Gasteiger partial charge in [0.25, 0.3) is 0 Å². The molecule has 1 N–H and O–H groups in total. The average Bonchev–Trinajstić information content (AvgIpc) is 2.75. The fourth-order valence-corrected chi connectivity index (χ4v) is 4.96. The zero-order valence-corrected chi connectivity index (χ0v) is 17.6. The number of amides is 1. The van der Waals surface area contributed by atoms with Gasteiger partial charge in [-0.25, -0.2) is 0 Å². The molecule has 2 aliphatic heterocycles. The Bertz CT molecular complexity index is 680. The van der Waals surface area contributed by atoms with Crippen molar-refractivity contribution in [1.29, 1.82) is 0 Å². The Balaban J connectivity index is 0.00000208. The van der Waals surface area contributed by atoms with Gasteiger partial charge in [-0.1, -0.05) is 30.3 Å². The molecule has 4 atom stereocenters. The zero-order chi connectivity index (χ0) is 16.9. The molecule has 0 saturated carbocycles. The minimum absolute atomic E-state index is 0. The van der Waals surface area contributed by atoms with Crippen molar-refractivity contribution in [2.45, 2.75) is 36.1 Å². The first-order chi connectivity index (χ1) is 10.8. The normalized spacial score (nSPS) is 28.4. The number of aliphatic carboxylic acids is 1. The molecule has 8 heteroatoms. The second-order valence-electron chi connectivity index (χ2n) is 6.28. The molecule has 1 aromatic rings. The van der Waals surface area contributed by atoms with Crippen LogP contribution < -0.4 is 56.5 Å². The average molecular weight is 373 g/mol. The number of carboxylic acids is 1. The summed E-state index contributed by atoms with van der Waals surface area (Å²) in [5, 5.41) is 21.1. The molecule has 6 nitrogen and oxygen atoms in total. The molecule has 0 aromatic heterocycles. The molecule has 24 heavy (non-hydrogen) atoms. The molecule has 122 valence electrons. The quantitative estimate of drug-likeness (QED) is 0.337. The maximum Gasteiger partial charge on any atom is 1.00 e. The van der Waals surface area contributed by atoms with Crippen molar-refractivity contribution in [3.8, 4) is 0 Å². The van der Waals surface area contributed by atoms with Gasteiger partial charge in [0, 0.05) is 10.3 Å². The predicted octanol–water partition coefficient (Wildman–Crippen LogP) is -3.34. The van der Waals surface area contributed by atoms with Crippen LogP contribution in [0.5, 0.6) is 0 Å². The summed E-state index contributed by atoms with van der Waals surface area (Å²) in [6, 6.07) is 7.19. The van der Waals surface area contributed by atoms with E-state index in [-0.39, 0.29) is 51.4 Å². The van der Waals surface area contributed by atoms with Crippen molar-refractivity contribution in [2.24, 2.45) is 5.92 Å². The van der Waals surface area contributed by atoms with E-state index in [1.165, 1.54) is 16.7 Å². The minimum Gasteiger partial charge on any atom is -0.548 e. The summed E-state index contributed by atoms with van der Waals surface area (Å²) in [6.45, 7) is 3.43. The first-order valence-electron chi connectivity index (χ1n) is 7.24. The van der Waals surface area contributed by atoms with E-state index >= 15 is 0 Å². The molecule has 0 radical (unpaired) electrons. The zero-order valence-electron chi connectivity index (χ0n) is 13.6. The number of carboxylic acid groups (broad SMARTS) is 1. The van der Waals surface area contributed by atoms with Gasteiger partial charge in [-0.05, 0) is 13.8 Å². The Morgan fingerprint density at radius 3 is 2.42 bits per heavy atom. The van der Waals surface area contributed by atoms with Crippen LogP contribution in [0.4, 0.5) is 0 Å². The Hall–Kier alpha value is -0.224. The van der Waals surface area contributed by atoms with Gasteiger partial charge in [0.05, 0.1) is 17.4 Å². The maximum atomic E-state index is 12.3. The number of hydrogen-bond donors (Lipinski definition) is 1. The first kappa shape index (κ1) is 20.1. The molecule has 3 rings (SSSR count). The first-order valence-corrected chi connectivity index (χ1v) is 8.12. The summed E-state index contributed by atoms with van der Waals surface area (Å²) >= 11 is 1.28. The topological polar surface area (TPSA) is 97.7 Å². The molecule has 2 fully saturated rings. The summed E-state index contributed by atoms with van der Waals surface area (Å²) in [6.07, 6.45) is -1.48. The van der Waals surface area contributed by atoms with E-state index in [9.17, 15) is 24.6 Å². The number of benzene rings is 1. The van der Waals surface area contributed by atoms with Crippen molar-refractivity contribution in [3.63, 3.8) is 0 Å². The van der Waals surface area contributed by atoms with Gasteiger partial charge in [-0.3, -0.25) is 9.59 Å². The maximum absolute atomic E-state index is 12.3. The van der Waals surface area contributed by atoms with E-state index in [1.54, 1.807) is 44.2 Å². The van der Waals surface area contributed by atoms with Gasteiger partial charge in [0.15, 0.2) is 5.78 Å². The van der Waals surface area contributed by atoms with Gasteiger partial charge in [0.2, 0.25) is 5.91 Å². The molecule has 0 spiro atoms. The Kier molecular flexibility index (Phi) is 6.01. The van der Waals surface area contributed by atoms with Gasteiger partial charge in [-0.15, -0.1) is 11.8 Å². The summed E-state index contributed by atoms with van der Waals surface area (Å²) in [7, 11) is 0. The van der Waals surface area contributed by atoms with E-state index in [2.05, 4.69) is 0 Å². The largest absolute Gasteiger partial charge is 1.00 e. The number of hydrogen-bond acceptors (Lipinski definition) is 6. The number of ketones is 1. The summed E-state index contributed by atoms with van der Waals surface area (Å²) in [5.41, 5.74) is 0.324. The molecule has 1 amide bonds. The van der Waals surface area contributed by atoms with Crippen LogP contribution in [-0.4, -0.2) is 49.9 Å². The second-order valence-corrected chi connectivity index (χ2v) is 8.05. The number of fused-ring (bicyclic) bond motifs is 1. The summed E-state index contributed by atoms with van der Waals surface area (Å²) < 4.78 is -0.733. The second kappa shape index (κ2) is 7.18. The third-order valence-corrected chi connectivity index (χ3v) is 5.97. The number of thioether (sulfide) groups is 1. The van der Waals surface area contributed by atoms with Crippen LogP contribution in [0.15, 0.2) is 30.3 Å². The SMILES string of the molecule is CC1(C)S[C@@H]2[C@H]([C@H](O)C(=O)c3ccccc3)C(=O)N2[C@H]1C(=O)[O-].[K+]. The molecular weight excluding hydrogens is 357 g/mol. The van der Waals surface area contributed by atoms with Gasteiger partial charge >= 0.3 is 51.4 Å². The number of rotatable bonds is 4. The smallest absolute Gasteiger partial charge is 0.548 e. The molecule has 0 bridgehead atoms. The van der Waals surface area contributed by atoms with E-state index in [4.69, 9.17) is 0 Å². The fourth-order valence-electron chi connectivity index (χ4n) is 3.25. The van der Waals surface area contributed by atoms with Crippen molar-refractivity contribution in [2.75, 3.05) is 0 Å². The van der Waals surface area contributed by atoms with Crippen LogP contribution in [0.2, 0.25) is 0 Å². The van der Waals surface area contributed by atoms with E-state index in [0.29, 0.717) is 5.56 Å². The molecular formula is C16H16KNO5S. The predicted molar refractivity (Wildman–Crippen MR) is 81.4 cm³/mol. The van der Waals surface area contributed by atoms with Crippen LogP contribution in [0, 0.1) is 5.92 Å². The third kappa shape index (κ3) is 3.13. The summed E-state index contributed by atoms with van der Waals surface area (Å²) in [5.74, 6) is -3.28. The van der Waals surface area contributed by atoms with Crippen molar-refractivity contribution >= 4 is 29.4 Å². The van der Waals surface area contributed by atoms with Crippen molar-refractivity contribution in [3.05, 3.63) is 35.9 Å². The molecule has 0 aliphatic carbocycles. The number of carbonyl (C=O) groups is 3. The Morgan fingerprint density at radius 2 is 1.88 bits per heavy atom. The number of Topliss-reactive ketones (excluding diaryl/α,β-unsaturated/α-hetero) is 1. The Morgan fingerprint density at radius 1 is 1.29 bits per heavy atom. The number of aliphatic hydroxyl groups excluding tert-OH is 1. The monoisotopic (exact) mass is 373 g/mol. The third-order valence-electron chi connectivity index (χ3n) is 4.37. The van der Waals surface area contributed by atoms with Gasteiger partial charge in [0.1, 0.15) is 12.0 Å². The van der Waals surface area contributed by atoms with Gasteiger partial charge < -0.3 is 19.9 Å². The van der Waals surface area contributed by atoms with E-state index in [1.807, 2.05) is 0 Å². The van der Waals surface area contributed by atoms with E-state index in [0.717, 1.165) is 0 Å². The van der Waals surface area contributed by atoms with Crippen LogP contribution in [0.25, 0.3) is 0 Å². The van der Waals surface area contributed by atoms with Gasteiger partial charge in [-0.2, -0.15) is 0 Å². The fraction of sp³-hybridized carbons (Fsp3) is 0.438. The van der Waals surface area contributed by atoms with Crippen LogP contribution in [0.1, 0.15) is 24.2 Å². The number of nitrogens with zero attached hydrogens (tertiary/aromatic N) is 1. The molecule has 0 unspecified atom stereocenters. The van der Waals surface area contributed by atoms with Crippen LogP contribution in [-0.2, 0) is 9.59 Å². The molecule has 2 heterocycles. The molecule has 1 aromatic carbocycles. The van der Waals surface area contributed by atoms with E-state index < -0.39 is 45.8 Å².